The summed E-state index contributed by atoms with van der Waals surface area (Å²) in [6.45, 7) is 4.09. The van der Waals surface area contributed by atoms with Crippen molar-refractivity contribution in [2.45, 2.75) is 32.5 Å². The molecule has 2 nitrogen and oxygen atoms in total. The van der Waals surface area contributed by atoms with E-state index in [1.165, 1.54) is 10.4 Å². The van der Waals surface area contributed by atoms with Gasteiger partial charge in [0, 0.05) is 41.7 Å². The van der Waals surface area contributed by atoms with E-state index in [1.807, 2.05) is 23.5 Å². The molecule has 0 saturated carbocycles. The van der Waals surface area contributed by atoms with Gasteiger partial charge in [-0.15, -0.1) is 11.3 Å². The second kappa shape index (κ2) is 5.64. The number of thiophene rings is 1. The van der Waals surface area contributed by atoms with Gasteiger partial charge in [-0.25, -0.2) is 4.39 Å². The lowest BCUT2D eigenvalue weighted by atomic mass is 10.00. The van der Waals surface area contributed by atoms with Crippen LogP contribution in [0.1, 0.15) is 34.5 Å². The number of fused-ring (bicyclic) bond motifs is 1. The maximum absolute atomic E-state index is 14.3. The van der Waals surface area contributed by atoms with Crippen LogP contribution in [0.5, 0.6) is 0 Å². The third-order valence-electron chi connectivity index (χ3n) is 4.16. The van der Waals surface area contributed by atoms with E-state index in [-0.39, 0.29) is 12.4 Å². The van der Waals surface area contributed by atoms with Gasteiger partial charge in [-0.1, -0.05) is 18.2 Å². The fourth-order valence-corrected chi connectivity index (χ4v) is 3.87. The Labute approximate surface area is 123 Å². The van der Waals surface area contributed by atoms with E-state index in [0.717, 1.165) is 18.5 Å². The average molecular weight is 290 g/mol. The highest BCUT2D eigenvalue weighted by Gasteiger charge is 2.25. The van der Waals surface area contributed by atoms with Gasteiger partial charge in [0.25, 0.3) is 0 Å². The van der Waals surface area contributed by atoms with Gasteiger partial charge in [-0.2, -0.15) is 0 Å². The Bertz CT molecular complexity index is 608. The quantitative estimate of drug-likeness (QED) is 0.938. The summed E-state index contributed by atoms with van der Waals surface area (Å²) in [6.07, 6.45) is 1.07. The van der Waals surface area contributed by atoms with E-state index >= 15 is 0 Å². The van der Waals surface area contributed by atoms with Crippen LogP contribution in [0.3, 0.4) is 0 Å². The van der Waals surface area contributed by atoms with Crippen LogP contribution < -0.4 is 5.73 Å². The number of benzene rings is 1. The molecule has 1 aliphatic rings. The fourth-order valence-electron chi connectivity index (χ4n) is 2.91. The number of hydrogen-bond donors (Lipinski definition) is 1. The molecule has 2 N–H and O–H groups in total. The van der Waals surface area contributed by atoms with Crippen molar-refractivity contribution in [2.24, 2.45) is 5.73 Å². The monoisotopic (exact) mass is 290 g/mol. The minimum Gasteiger partial charge on any atom is -0.326 e. The predicted octanol–water partition coefficient (Wildman–Crippen LogP) is 3.47. The zero-order valence-corrected chi connectivity index (χ0v) is 12.4. The predicted molar refractivity (Wildman–Crippen MR) is 81.1 cm³/mol. The lowest BCUT2D eigenvalue weighted by molar-refractivity contribution is 0.189. The Morgan fingerprint density at radius 1 is 1.35 bits per heavy atom. The largest absolute Gasteiger partial charge is 0.326 e. The van der Waals surface area contributed by atoms with Crippen molar-refractivity contribution in [2.75, 3.05) is 6.54 Å². The zero-order valence-electron chi connectivity index (χ0n) is 11.6. The van der Waals surface area contributed by atoms with Crippen molar-refractivity contribution in [3.63, 3.8) is 0 Å². The van der Waals surface area contributed by atoms with Crippen LogP contribution in [0.15, 0.2) is 29.6 Å². The Kier molecular flexibility index (Phi) is 3.87. The van der Waals surface area contributed by atoms with Gasteiger partial charge in [0.05, 0.1) is 0 Å². The Balaban J connectivity index is 1.83. The maximum atomic E-state index is 14.3. The summed E-state index contributed by atoms with van der Waals surface area (Å²) < 4.78 is 14.3. The molecule has 20 heavy (non-hydrogen) atoms. The topological polar surface area (TPSA) is 29.3 Å². The molecule has 0 spiro atoms. The van der Waals surface area contributed by atoms with Gasteiger partial charge in [-0.3, -0.25) is 4.90 Å². The molecular weight excluding hydrogens is 271 g/mol. The first kappa shape index (κ1) is 13.7. The molecule has 3 rings (SSSR count). The van der Waals surface area contributed by atoms with Crippen molar-refractivity contribution in [3.8, 4) is 0 Å². The van der Waals surface area contributed by atoms with E-state index < -0.39 is 0 Å². The van der Waals surface area contributed by atoms with Gasteiger partial charge in [0.15, 0.2) is 0 Å². The van der Waals surface area contributed by atoms with Crippen molar-refractivity contribution in [3.05, 3.63) is 57.0 Å². The molecule has 0 saturated heterocycles. The average Bonchev–Trinajstić information content (AvgIpc) is 2.93. The van der Waals surface area contributed by atoms with Crippen molar-refractivity contribution < 1.29 is 4.39 Å². The number of rotatable bonds is 3. The van der Waals surface area contributed by atoms with Crippen LogP contribution in [-0.4, -0.2) is 11.4 Å². The molecule has 106 valence electrons. The molecule has 0 radical (unpaired) electrons. The highest BCUT2D eigenvalue weighted by Crippen LogP contribution is 2.34. The van der Waals surface area contributed by atoms with Gasteiger partial charge in [0.1, 0.15) is 5.82 Å². The summed E-state index contributed by atoms with van der Waals surface area (Å²) in [5.74, 6) is -0.140. The lowest BCUT2D eigenvalue weighted by Crippen LogP contribution is -2.33. The Hall–Kier alpha value is -1.23. The van der Waals surface area contributed by atoms with Crippen LogP contribution in [-0.2, 0) is 19.5 Å². The smallest absolute Gasteiger partial charge is 0.132 e. The van der Waals surface area contributed by atoms with Crippen molar-refractivity contribution in [1.82, 2.24) is 4.90 Å². The van der Waals surface area contributed by atoms with E-state index in [2.05, 4.69) is 23.3 Å². The molecule has 1 unspecified atom stereocenters. The highest BCUT2D eigenvalue weighted by atomic mass is 32.1. The molecule has 0 bridgehead atoms. The summed E-state index contributed by atoms with van der Waals surface area (Å²) in [5.41, 5.74) is 8.33. The highest BCUT2D eigenvalue weighted by molar-refractivity contribution is 7.10. The summed E-state index contributed by atoms with van der Waals surface area (Å²) >= 11 is 1.83. The second-order valence-corrected chi connectivity index (χ2v) is 6.29. The minimum absolute atomic E-state index is 0.140. The van der Waals surface area contributed by atoms with Gasteiger partial charge >= 0.3 is 0 Å². The zero-order chi connectivity index (χ0) is 14.1. The molecule has 2 aromatic rings. The first-order valence-electron chi connectivity index (χ1n) is 6.97. The summed E-state index contributed by atoms with van der Waals surface area (Å²) in [4.78, 5) is 3.82. The molecule has 1 atom stereocenters. The molecule has 2 heterocycles. The third-order valence-corrected chi connectivity index (χ3v) is 5.15. The normalized spacial score (nSPS) is 19.1. The molecule has 0 aliphatic carbocycles. The molecular formula is C16H19FN2S. The van der Waals surface area contributed by atoms with Gasteiger partial charge in [-0.05, 0) is 30.4 Å². The first-order chi connectivity index (χ1) is 9.70. The minimum atomic E-state index is -0.140. The number of nitrogens with zero attached hydrogens (tertiary/aromatic N) is 1. The summed E-state index contributed by atoms with van der Waals surface area (Å²) in [7, 11) is 0. The van der Waals surface area contributed by atoms with Crippen molar-refractivity contribution >= 4 is 11.3 Å². The van der Waals surface area contributed by atoms with Crippen LogP contribution in [0.2, 0.25) is 0 Å². The van der Waals surface area contributed by atoms with Gasteiger partial charge < -0.3 is 5.73 Å². The number of hydrogen-bond acceptors (Lipinski definition) is 3. The fraction of sp³-hybridized carbons (Fsp3) is 0.375. The number of nitrogens with two attached hydrogens (primary N) is 1. The van der Waals surface area contributed by atoms with Crippen LogP contribution >= 0.6 is 11.3 Å². The Morgan fingerprint density at radius 3 is 2.95 bits per heavy atom. The molecule has 1 aromatic carbocycles. The Morgan fingerprint density at radius 2 is 2.15 bits per heavy atom. The van der Waals surface area contributed by atoms with Crippen LogP contribution in [0, 0.1) is 5.82 Å². The summed E-state index contributed by atoms with van der Waals surface area (Å²) in [5, 5.41) is 2.15. The molecule has 0 amide bonds. The molecule has 0 fully saturated rings. The molecule has 4 heteroatoms. The van der Waals surface area contributed by atoms with E-state index in [4.69, 9.17) is 5.73 Å². The van der Waals surface area contributed by atoms with Crippen LogP contribution in [0.4, 0.5) is 4.39 Å². The van der Waals surface area contributed by atoms with E-state index in [0.29, 0.717) is 18.2 Å². The van der Waals surface area contributed by atoms with E-state index in [9.17, 15) is 4.39 Å². The number of halogens is 1. The summed E-state index contributed by atoms with van der Waals surface area (Å²) in [6, 6.07) is 8.07. The molecule has 1 aliphatic heterocycles. The SMILES string of the molecule is CC1c2ccsc2CCN1Cc1cccc(CN)c1F. The third kappa shape index (κ3) is 2.39. The van der Waals surface area contributed by atoms with Crippen LogP contribution in [0.25, 0.3) is 0 Å². The van der Waals surface area contributed by atoms with Gasteiger partial charge in [0.2, 0.25) is 0 Å². The maximum Gasteiger partial charge on any atom is 0.132 e. The van der Waals surface area contributed by atoms with E-state index in [1.54, 1.807) is 6.07 Å². The van der Waals surface area contributed by atoms with Crippen molar-refractivity contribution in [1.29, 1.82) is 0 Å². The first-order valence-corrected chi connectivity index (χ1v) is 7.85. The second-order valence-electron chi connectivity index (χ2n) is 5.29. The molecule has 1 aromatic heterocycles. The standard InChI is InChI=1S/C16H19FN2S/c1-11-14-6-8-20-15(14)5-7-19(11)10-13-4-2-3-12(9-18)16(13)17/h2-4,6,8,11H,5,7,9-10,18H2,1H3. The lowest BCUT2D eigenvalue weighted by Gasteiger charge is -2.33.